The Bertz CT molecular complexity index is 437. The molecule has 1 N–H and O–H groups in total. The molecule has 0 radical (unpaired) electrons. The quantitative estimate of drug-likeness (QED) is 0.846. The van der Waals surface area contributed by atoms with E-state index >= 15 is 0 Å². The van der Waals surface area contributed by atoms with Gasteiger partial charge in [0.15, 0.2) is 0 Å². The molecule has 112 valence electrons. The average molecular weight is 289 g/mol. The van der Waals surface area contributed by atoms with Gasteiger partial charge in [-0.1, -0.05) is 6.07 Å². The van der Waals surface area contributed by atoms with Crippen molar-refractivity contribution in [2.45, 2.75) is 25.1 Å². The minimum atomic E-state index is -4.34. The summed E-state index contributed by atoms with van der Waals surface area (Å²) < 4.78 is 42.9. The fourth-order valence-electron chi connectivity index (χ4n) is 2.26. The standard InChI is InChI=1S/C14H18F3NO2/c15-14(16,17)11-3-1-4-13(9-11)20-8-2-6-18-7-5-12(19)10-18/h1,3-4,9,12,19H,2,5-8,10H2/t12-/m1/s1. The van der Waals surface area contributed by atoms with Crippen LogP contribution in [0.1, 0.15) is 18.4 Å². The molecule has 0 spiro atoms. The van der Waals surface area contributed by atoms with Crippen LogP contribution in [0.15, 0.2) is 24.3 Å². The zero-order valence-corrected chi connectivity index (χ0v) is 11.1. The van der Waals surface area contributed by atoms with Gasteiger partial charge in [-0.15, -0.1) is 0 Å². The number of hydrogen-bond acceptors (Lipinski definition) is 3. The number of aliphatic hydroxyl groups is 1. The molecule has 1 aromatic rings. The second kappa shape index (κ2) is 6.45. The van der Waals surface area contributed by atoms with Gasteiger partial charge < -0.3 is 14.7 Å². The molecule has 20 heavy (non-hydrogen) atoms. The summed E-state index contributed by atoms with van der Waals surface area (Å²) >= 11 is 0. The van der Waals surface area contributed by atoms with Gasteiger partial charge in [0.2, 0.25) is 0 Å². The first-order chi connectivity index (χ1) is 9.45. The summed E-state index contributed by atoms with van der Waals surface area (Å²) in [6, 6.07) is 4.90. The molecule has 1 saturated heterocycles. The molecule has 0 unspecified atom stereocenters. The van der Waals surface area contributed by atoms with Gasteiger partial charge in [0.25, 0.3) is 0 Å². The predicted octanol–water partition coefficient (Wildman–Crippen LogP) is 2.54. The van der Waals surface area contributed by atoms with Crippen molar-refractivity contribution in [1.29, 1.82) is 0 Å². The summed E-state index contributed by atoms with van der Waals surface area (Å²) in [6.07, 6.45) is -3.08. The second-order valence-corrected chi connectivity index (χ2v) is 4.97. The number of halogens is 3. The maximum atomic E-state index is 12.5. The largest absolute Gasteiger partial charge is 0.494 e. The number of rotatable bonds is 5. The van der Waals surface area contributed by atoms with Crippen molar-refractivity contribution in [3.05, 3.63) is 29.8 Å². The number of nitrogens with zero attached hydrogens (tertiary/aromatic N) is 1. The molecule has 0 aliphatic carbocycles. The van der Waals surface area contributed by atoms with Gasteiger partial charge >= 0.3 is 6.18 Å². The molecule has 1 fully saturated rings. The van der Waals surface area contributed by atoms with E-state index in [-0.39, 0.29) is 11.9 Å². The Morgan fingerprint density at radius 2 is 2.15 bits per heavy atom. The van der Waals surface area contributed by atoms with Crippen LogP contribution in [0.4, 0.5) is 13.2 Å². The highest BCUT2D eigenvalue weighted by molar-refractivity contribution is 5.30. The number of benzene rings is 1. The minimum Gasteiger partial charge on any atom is -0.494 e. The van der Waals surface area contributed by atoms with E-state index in [9.17, 15) is 18.3 Å². The number of likely N-dealkylation sites (tertiary alicyclic amines) is 1. The average Bonchev–Trinajstić information content (AvgIpc) is 2.80. The lowest BCUT2D eigenvalue weighted by Gasteiger charge is -2.15. The molecule has 1 aliphatic rings. The van der Waals surface area contributed by atoms with Crippen LogP contribution in [0.2, 0.25) is 0 Å². The second-order valence-electron chi connectivity index (χ2n) is 4.97. The van der Waals surface area contributed by atoms with Crippen LogP contribution < -0.4 is 4.74 Å². The Morgan fingerprint density at radius 3 is 2.80 bits per heavy atom. The van der Waals surface area contributed by atoms with Crippen molar-refractivity contribution in [2.24, 2.45) is 0 Å². The molecule has 0 saturated carbocycles. The van der Waals surface area contributed by atoms with Gasteiger partial charge in [0.1, 0.15) is 5.75 Å². The summed E-state index contributed by atoms with van der Waals surface area (Å²) in [5.41, 5.74) is -0.697. The van der Waals surface area contributed by atoms with Crippen LogP contribution in [0.25, 0.3) is 0 Å². The zero-order valence-electron chi connectivity index (χ0n) is 11.1. The van der Waals surface area contributed by atoms with Gasteiger partial charge in [-0.05, 0) is 31.0 Å². The van der Waals surface area contributed by atoms with E-state index in [2.05, 4.69) is 4.90 Å². The lowest BCUT2D eigenvalue weighted by molar-refractivity contribution is -0.137. The first-order valence-corrected chi connectivity index (χ1v) is 6.65. The number of aliphatic hydroxyl groups excluding tert-OH is 1. The Labute approximate surface area is 116 Å². The molecule has 0 aromatic heterocycles. The third-order valence-corrected chi connectivity index (χ3v) is 3.30. The molecule has 1 atom stereocenters. The maximum Gasteiger partial charge on any atom is 0.416 e. The topological polar surface area (TPSA) is 32.7 Å². The molecule has 3 nitrogen and oxygen atoms in total. The molecule has 1 heterocycles. The Balaban J connectivity index is 1.74. The summed E-state index contributed by atoms with van der Waals surface area (Å²) in [5, 5.41) is 9.36. The number of ether oxygens (including phenoxy) is 1. The summed E-state index contributed by atoms with van der Waals surface area (Å²) in [5.74, 6) is 0.237. The van der Waals surface area contributed by atoms with Crippen molar-refractivity contribution < 1.29 is 23.0 Å². The third kappa shape index (κ3) is 4.38. The molecule has 1 aliphatic heterocycles. The van der Waals surface area contributed by atoms with Crippen molar-refractivity contribution >= 4 is 0 Å². The van der Waals surface area contributed by atoms with E-state index in [1.54, 1.807) is 0 Å². The highest BCUT2D eigenvalue weighted by Gasteiger charge is 2.30. The van der Waals surface area contributed by atoms with Crippen molar-refractivity contribution in [3.8, 4) is 5.75 Å². The Morgan fingerprint density at radius 1 is 1.35 bits per heavy atom. The lowest BCUT2D eigenvalue weighted by Crippen LogP contribution is -2.24. The van der Waals surface area contributed by atoms with Crippen LogP contribution in [-0.4, -0.2) is 42.4 Å². The van der Waals surface area contributed by atoms with E-state index in [1.807, 2.05) is 0 Å². The highest BCUT2D eigenvalue weighted by atomic mass is 19.4. The van der Waals surface area contributed by atoms with Crippen LogP contribution in [0, 0.1) is 0 Å². The summed E-state index contributed by atoms with van der Waals surface area (Å²) in [6.45, 7) is 2.69. The zero-order chi connectivity index (χ0) is 14.6. The lowest BCUT2D eigenvalue weighted by atomic mass is 10.2. The Hall–Kier alpha value is -1.27. The van der Waals surface area contributed by atoms with Gasteiger partial charge in [-0.3, -0.25) is 0 Å². The van der Waals surface area contributed by atoms with E-state index in [4.69, 9.17) is 4.74 Å². The monoisotopic (exact) mass is 289 g/mol. The fraction of sp³-hybridized carbons (Fsp3) is 0.571. The van der Waals surface area contributed by atoms with Crippen LogP contribution in [-0.2, 0) is 6.18 Å². The molecule has 6 heteroatoms. The SMILES string of the molecule is O[C@@H]1CCN(CCCOc2cccc(C(F)(F)F)c2)C1. The molecule has 0 bridgehead atoms. The molecular formula is C14H18F3NO2. The van der Waals surface area contributed by atoms with Gasteiger partial charge in [-0.25, -0.2) is 0 Å². The van der Waals surface area contributed by atoms with Gasteiger partial charge in [-0.2, -0.15) is 13.2 Å². The maximum absolute atomic E-state index is 12.5. The van der Waals surface area contributed by atoms with E-state index in [0.29, 0.717) is 13.2 Å². The summed E-state index contributed by atoms with van der Waals surface area (Å²) in [4.78, 5) is 2.13. The predicted molar refractivity (Wildman–Crippen MR) is 68.6 cm³/mol. The van der Waals surface area contributed by atoms with E-state index in [0.717, 1.165) is 38.1 Å². The number of hydrogen-bond donors (Lipinski definition) is 1. The summed E-state index contributed by atoms with van der Waals surface area (Å²) in [7, 11) is 0. The molecule has 0 amide bonds. The van der Waals surface area contributed by atoms with Crippen LogP contribution in [0.5, 0.6) is 5.75 Å². The molecule has 1 aromatic carbocycles. The Kier molecular flexibility index (Phi) is 4.88. The first kappa shape index (κ1) is 15.1. The smallest absolute Gasteiger partial charge is 0.416 e. The minimum absolute atomic E-state index is 0.237. The van der Waals surface area contributed by atoms with Crippen molar-refractivity contribution in [3.63, 3.8) is 0 Å². The third-order valence-electron chi connectivity index (χ3n) is 3.30. The van der Waals surface area contributed by atoms with Crippen LogP contribution in [0.3, 0.4) is 0 Å². The fourth-order valence-corrected chi connectivity index (χ4v) is 2.26. The van der Waals surface area contributed by atoms with Gasteiger partial charge in [0.05, 0.1) is 18.3 Å². The molecular weight excluding hydrogens is 271 g/mol. The molecule has 2 rings (SSSR count). The highest BCUT2D eigenvalue weighted by Crippen LogP contribution is 2.31. The van der Waals surface area contributed by atoms with E-state index < -0.39 is 11.7 Å². The first-order valence-electron chi connectivity index (χ1n) is 6.65. The number of β-amino-alcohol motifs (C(OH)–C–C–N with tert-alkyl or cyclic N) is 1. The van der Waals surface area contributed by atoms with E-state index in [1.165, 1.54) is 12.1 Å². The van der Waals surface area contributed by atoms with Crippen molar-refractivity contribution in [1.82, 2.24) is 4.90 Å². The number of alkyl halides is 3. The normalized spacial score (nSPS) is 20.3. The van der Waals surface area contributed by atoms with Crippen LogP contribution >= 0.6 is 0 Å². The van der Waals surface area contributed by atoms with Crippen molar-refractivity contribution in [2.75, 3.05) is 26.2 Å². The van der Waals surface area contributed by atoms with Gasteiger partial charge in [0, 0.05) is 19.6 Å².